The van der Waals surface area contributed by atoms with Gasteiger partial charge in [0.25, 0.3) is 0 Å². The standard InChI is InChI=1S/C25H27ClN2O3S/c26-21-10-11-23(31-16-24-27-22(15-29)17-32-24)20(12-21)14-28(13-18-6-2-1-3-7-18)25(30)19-8-4-5-9-19/h1-3,6-7,10-12,17,19,29H,4-5,8-9,13-16H2. The van der Waals surface area contributed by atoms with Crippen molar-refractivity contribution in [3.63, 3.8) is 0 Å². The quantitative estimate of drug-likeness (QED) is 0.443. The third kappa shape index (κ3) is 5.88. The molecule has 0 spiro atoms. The lowest BCUT2D eigenvalue weighted by molar-refractivity contribution is -0.136. The number of ether oxygens (including phenoxy) is 1. The van der Waals surface area contributed by atoms with E-state index in [2.05, 4.69) is 4.98 Å². The van der Waals surface area contributed by atoms with Gasteiger partial charge >= 0.3 is 0 Å². The molecule has 0 atom stereocenters. The fraction of sp³-hybridized carbons (Fsp3) is 0.360. The van der Waals surface area contributed by atoms with E-state index in [1.54, 1.807) is 6.07 Å². The second kappa shape index (κ2) is 10.9. The Morgan fingerprint density at radius 2 is 1.94 bits per heavy atom. The molecule has 32 heavy (non-hydrogen) atoms. The first-order chi connectivity index (χ1) is 15.6. The number of halogens is 1. The highest BCUT2D eigenvalue weighted by atomic mass is 35.5. The normalized spacial score (nSPS) is 13.9. The van der Waals surface area contributed by atoms with Crippen molar-refractivity contribution in [2.45, 2.75) is 52.0 Å². The zero-order chi connectivity index (χ0) is 22.3. The molecule has 1 aromatic heterocycles. The molecule has 1 fully saturated rings. The summed E-state index contributed by atoms with van der Waals surface area (Å²) in [6.07, 6.45) is 4.15. The SMILES string of the molecule is O=C(C1CCCC1)N(Cc1ccccc1)Cc1cc(Cl)ccc1OCc1nc(CO)cs1. The molecule has 1 aliphatic rings. The first-order valence-electron chi connectivity index (χ1n) is 10.9. The van der Waals surface area contributed by atoms with Crippen molar-refractivity contribution < 1.29 is 14.6 Å². The van der Waals surface area contributed by atoms with Crippen LogP contribution in [-0.2, 0) is 31.1 Å². The van der Waals surface area contributed by atoms with Gasteiger partial charge in [-0.1, -0.05) is 54.8 Å². The Morgan fingerprint density at radius 1 is 1.16 bits per heavy atom. The molecule has 1 N–H and O–H groups in total. The summed E-state index contributed by atoms with van der Waals surface area (Å²) in [7, 11) is 0. The molecule has 4 rings (SSSR count). The molecule has 7 heteroatoms. The number of hydrogen-bond donors (Lipinski definition) is 1. The summed E-state index contributed by atoms with van der Waals surface area (Å²) in [5, 5.41) is 12.4. The summed E-state index contributed by atoms with van der Waals surface area (Å²) in [5.41, 5.74) is 2.61. The molecule has 1 amide bonds. The maximum absolute atomic E-state index is 13.4. The van der Waals surface area contributed by atoms with E-state index in [1.165, 1.54) is 11.3 Å². The molecule has 0 bridgehead atoms. The monoisotopic (exact) mass is 470 g/mol. The van der Waals surface area contributed by atoms with Gasteiger partial charge in [-0.3, -0.25) is 4.79 Å². The second-order valence-electron chi connectivity index (χ2n) is 8.09. The zero-order valence-corrected chi connectivity index (χ0v) is 19.4. The van der Waals surface area contributed by atoms with Crippen molar-refractivity contribution in [2.75, 3.05) is 0 Å². The smallest absolute Gasteiger partial charge is 0.226 e. The number of hydrogen-bond acceptors (Lipinski definition) is 5. The first-order valence-corrected chi connectivity index (χ1v) is 12.2. The van der Waals surface area contributed by atoms with Crippen LogP contribution in [0.15, 0.2) is 53.9 Å². The molecular weight excluding hydrogens is 444 g/mol. The van der Waals surface area contributed by atoms with Crippen LogP contribution >= 0.6 is 22.9 Å². The number of amides is 1. The van der Waals surface area contributed by atoms with E-state index in [0.717, 1.165) is 41.8 Å². The number of thiazole rings is 1. The third-order valence-corrected chi connectivity index (χ3v) is 6.83. The summed E-state index contributed by atoms with van der Waals surface area (Å²) < 4.78 is 6.06. The van der Waals surface area contributed by atoms with E-state index in [9.17, 15) is 9.90 Å². The first kappa shape index (κ1) is 22.8. The van der Waals surface area contributed by atoms with Gasteiger partial charge in [-0.25, -0.2) is 4.98 Å². The maximum atomic E-state index is 13.4. The Balaban J connectivity index is 1.54. The van der Waals surface area contributed by atoms with Crippen molar-refractivity contribution in [3.8, 4) is 5.75 Å². The topological polar surface area (TPSA) is 62.7 Å². The molecule has 168 valence electrons. The van der Waals surface area contributed by atoms with Crippen molar-refractivity contribution in [1.29, 1.82) is 0 Å². The van der Waals surface area contributed by atoms with E-state index < -0.39 is 0 Å². The predicted molar refractivity (Wildman–Crippen MR) is 126 cm³/mol. The van der Waals surface area contributed by atoms with Gasteiger partial charge in [0.2, 0.25) is 5.91 Å². The summed E-state index contributed by atoms with van der Waals surface area (Å²) in [5.74, 6) is 0.978. The van der Waals surface area contributed by atoms with Gasteiger partial charge in [-0.05, 0) is 36.6 Å². The number of aliphatic hydroxyl groups is 1. The molecule has 0 saturated heterocycles. The van der Waals surface area contributed by atoms with Gasteiger partial charge in [0.15, 0.2) is 0 Å². The van der Waals surface area contributed by atoms with E-state index in [-0.39, 0.29) is 18.4 Å². The molecular formula is C25H27ClN2O3S. The molecule has 0 aliphatic heterocycles. The van der Waals surface area contributed by atoms with Crippen LogP contribution in [0.4, 0.5) is 0 Å². The van der Waals surface area contributed by atoms with Crippen LogP contribution in [0.3, 0.4) is 0 Å². The minimum atomic E-state index is -0.0829. The van der Waals surface area contributed by atoms with Gasteiger partial charge in [0, 0.05) is 35.0 Å². The second-order valence-corrected chi connectivity index (χ2v) is 9.47. The molecule has 3 aromatic rings. The van der Waals surface area contributed by atoms with E-state index in [1.807, 2.05) is 52.7 Å². The largest absolute Gasteiger partial charge is 0.486 e. The minimum Gasteiger partial charge on any atom is -0.486 e. The van der Waals surface area contributed by atoms with Crippen LogP contribution in [0.2, 0.25) is 5.02 Å². The highest BCUT2D eigenvalue weighted by Gasteiger charge is 2.28. The van der Waals surface area contributed by atoms with Crippen LogP contribution in [0.5, 0.6) is 5.75 Å². The Labute approximate surface area is 197 Å². The summed E-state index contributed by atoms with van der Waals surface area (Å²) >= 11 is 7.76. The van der Waals surface area contributed by atoms with Crippen LogP contribution in [0.1, 0.15) is 47.5 Å². The summed E-state index contributed by atoms with van der Waals surface area (Å²) in [6.45, 7) is 1.20. The van der Waals surface area contributed by atoms with Crippen LogP contribution in [0, 0.1) is 5.92 Å². The van der Waals surface area contributed by atoms with Crippen molar-refractivity contribution >= 4 is 28.8 Å². The molecule has 1 saturated carbocycles. The molecule has 5 nitrogen and oxygen atoms in total. The van der Waals surface area contributed by atoms with Crippen LogP contribution in [0.25, 0.3) is 0 Å². The summed E-state index contributed by atoms with van der Waals surface area (Å²) in [6, 6.07) is 15.6. The lowest BCUT2D eigenvalue weighted by Gasteiger charge is -2.27. The van der Waals surface area contributed by atoms with Crippen LogP contribution < -0.4 is 4.74 Å². The molecule has 0 unspecified atom stereocenters. The number of benzene rings is 2. The van der Waals surface area contributed by atoms with E-state index >= 15 is 0 Å². The van der Waals surface area contributed by atoms with Gasteiger partial charge in [0.05, 0.1) is 12.3 Å². The highest BCUT2D eigenvalue weighted by molar-refractivity contribution is 7.09. The molecule has 1 heterocycles. The molecule has 1 aliphatic carbocycles. The average Bonchev–Trinajstić information content (AvgIpc) is 3.50. The molecule has 0 radical (unpaired) electrons. The van der Waals surface area contributed by atoms with Gasteiger partial charge in [-0.15, -0.1) is 11.3 Å². The van der Waals surface area contributed by atoms with Crippen LogP contribution in [-0.4, -0.2) is 20.9 Å². The Bertz CT molecular complexity index is 1030. The Kier molecular flexibility index (Phi) is 7.79. The zero-order valence-electron chi connectivity index (χ0n) is 17.9. The number of aromatic nitrogens is 1. The average molecular weight is 471 g/mol. The number of carbonyl (C=O) groups is 1. The lowest BCUT2D eigenvalue weighted by Crippen LogP contribution is -2.34. The van der Waals surface area contributed by atoms with E-state index in [4.69, 9.17) is 16.3 Å². The number of carbonyl (C=O) groups excluding carboxylic acids is 1. The maximum Gasteiger partial charge on any atom is 0.226 e. The summed E-state index contributed by atoms with van der Waals surface area (Å²) in [4.78, 5) is 19.7. The fourth-order valence-corrected chi connectivity index (χ4v) is 4.98. The molecule has 2 aromatic carbocycles. The van der Waals surface area contributed by atoms with Gasteiger partial charge in [0.1, 0.15) is 17.4 Å². The number of aliphatic hydroxyl groups excluding tert-OH is 1. The lowest BCUT2D eigenvalue weighted by atomic mass is 10.0. The Morgan fingerprint density at radius 3 is 2.66 bits per heavy atom. The minimum absolute atomic E-state index is 0.0829. The fourth-order valence-electron chi connectivity index (χ4n) is 4.09. The number of rotatable bonds is 9. The van der Waals surface area contributed by atoms with Gasteiger partial charge in [-0.2, -0.15) is 0 Å². The van der Waals surface area contributed by atoms with Crippen molar-refractivity contribution in [2.24, 2.45) is 5.92 Å². The highest BCUT2D eigenvalue weighted by Crippen LogP contribution is 2.30. The van der Waals surface area contributed by atoms with Gasteiger partial charge < -0.3 is 14.7 Å². The van der Waals surface area contributed by atoms with Crippen molar-refractivity contribution in [1.82, 2.24) is 9.88 Å². The van der Waals surface area contributed by atoms with E-state index in [0.29, 0.717) is 36.2 Å². The predicted octanol–water partition coefficient (Wildman–Crippen LogP) is 5.59. The van der Waals surface area contributed by atoms with Crippen molar-refractivity contribution in [3.05, 3.63) is 80.8 Å². The Hall–Kier alpha value is -2.41. The third-order valence-electron chi connectivity index (χ3n) is 5.73. The number of nitrogens with zero attached hydrogens (tertiary/aromatic N) is 2.